The van der Waals surface area contributed by atoms with Gasteiger partial charge in [-0.1, -0.05) is 13.3 Å². The van der Waals surface area contributed by atoms with Crippen molar-refractivity contribution in [3.05, 3.63) is 23.9 Å². The van der Waals surface area contributed by atoms with Gasteiger partial charge in [-0.3, -0.25) is 14.3 Å². The number of phenolic OH excluding ortho intramolecular Hbond substituents is 1. The van der Waals surface area contributed by atoms with Crippen LogP contribution in [-0.4, -0.2) is 54.9 Å². The second-order valence-electron chi connectivity index (χ2n) is 10.0. The number of rotatable bonds is 13. The van der Waals surface area contributed by atoms with E-state index in [4.69, 9.17) is 4.74 Å². The first-order chi connectivity index (χ1) is 15.8. The highest BCUT2D eigenvalue weighted by molar-refractivity contribution is 6.02. The molecule has 0 aliphatic carbocycles. The predicted octanol–water partition coefficient (Wildman–Crippen LogP) is 3.49. The van der Waals surface area contributed by atoms with Crippen LogP contribution in [0.3, 0.4) is 0 Å². The molecule has 34 heavy (non-hydrogen) atoms. The van der Waals surface area contributed by atoms with Crippen molar-refractivity contribution in [3.8, 4) is 5.75 Å². The van der Waals surface area contributed by atoms with Crippen molar-refractivity contribution in [2.24, 2.45) is 5.92 Å². The third kappa shape index (κ3) is 8.95. The third-order valence-corrected chi connectivity index (χ3v) is 5.47. The molecule has 1 unspecified atom stereocenters. The number of amides is 1. The zero-order chi connectivity index (χ0) is 25.5. The topological polar surface area (TPSA) is 134 Å². The van der Waals surface area contributed by atoms with E-state index in [0.29, 0.717) is 36.8 Å². The van der Waals surface area contributed by atoms with E-state index >= 15 is 0 Å². The lowest BCUT2D eigenvalue weighted by atomic mass is 9.97. The first-order valence-corrected chi connectivity index (χ1v) is 11.9. The summed E-state index contributed by atoms with van der Waals surface area (Å²) < 4.78 is 6.72. The summed E-state index contributed by atoms with van der Waals surface area (Å²) >= 11 is 0. The van der Waals surface area contributed by atoms with Gasteiger partial charge in [0.1, 0.15) is 5.75 Å². The highest BCUT2D eigenvalue weighted by Gasteiger charge is 2.20. The first kappa shape index (κ1) is 27.6. The number of hydrogen-bond acceptors (Lipinski definition) is 7. The lowest BCUT2D eigenvalue weighted by molar-refractivity contribution is -0.195. The molecule has 1 amide bonds. The van der Waals surface area contributed by atoms with Crippen molar-refractivity contribution in [3.63, 3.8) is 0 Å². The lowest BCUT2D eigenvalue weighted by Gasteiger charge is -2.19. The molecule has 0 aliphatic rings. The summed E-state index contributed by atoms with van der Waals surface area (Å²) in [4.78, 5) is 24.3. The van der Waals surface area contributed by atoms with E-state index < -0.39 is 23.3 Å². The number of aromatic nitrogens is 2. The molecule has 9 heteroatoms. The van der Waals surface area contributed by atoms with Gasteiger partial charge in [0, 0.05) is 39.6 Å². The number of fused-ring (bicyclic) bond motifs is 1. The minimum atomic E-state index is -1.47. The van der Waals surface area contributed by atoms with Crippen molar-refractivity contribution < 1.29 is 29.6 Å². The van der Waals surface area contributed by atoms with E-state index in [1.807, 2.05) is 0 Å². The number of nitrogens with one attached hydrogen (secondary N) is 1. The van der Waals surface area contributed by atoms with Crippen LogP contribution in [0, 0.1) is 5.92 Å². The molecule has 2 aromatic rings. The number of carbonyl (C=O) groups is 2. The van der Waals surface area contributed by atoms with Crippen molar-refractivity contribution in [2.45, 2.75) is 91.1 Å². The zero-order valence-corrected chi connectivity index (χ0v) is 20.9. The normalized spacial score (nSPS) is 13.1. The van der Waals surface area contributed by atoms with Gasteiger partial charge in [-0.25, -0.2) is 0 Å². The van der Waals surface area contributed by atoms with Gasteiger partial charge in [-0.05, 0) is 57.6 Å². The molecule has 2 rings (SSSR count). The van der Waals surface area contributed by atoms with E-state index in [1.165, 1.54) is 13.8 Å². The van der Waals surface area contributed by atoms with Crippen molar-refractivity contribution in [1.29, 1.82) is 0 Å². The van der Waals surface area contributed by atoms with Crippen LogP contribution in [0.2, 0.25) is 0 Å². The molecule has 1 heterocycles. The average Bonchev–Trinajstić information content (AvgIpc) is 3.09. The molecule has 0 spiro atoms. The largest absolute Gasteiger partial charge is 0.506 e. The summed E-state index contributed by atoms with van der Waals surface area (Å²) in [5, 5.41) is 37.8. The molecule has 0 fully saturated rings. The Morgan fingerprint density at radius 3 is 2.50 bits per heavy atom. The summed E-state index contributed by atoms with van der Waals surface area (Å²) in [7, 11) is 0. The second-order valence-corrected chi connectivity index (χ2v) is 10.0. The third-order valence-electron chi connectivity index (χ3n) is 5.47. The van der Waals surface area contributed by atoms with Gasteiger partial charge < -0.3 is 25.4 Å². The van der Waals surface area contributed by atoms with Crippen LogP contribution in [0.5, 0.6) is 5.75 Å². The molecule has 0 saturated carbocycles. The minimum absolute atomic E-state index is 0.120. The van der Waals surface area contributed by atoms with Crippen LogP contribution < -0.4 is 5.32 Å². The maximum absolute atomic E-state index is 12.5. The standard InChI is InChI=1S/C25H39N3O6/c1-6-8-17(9-7-10-21(29)34-25(4,5)33)15-28-16-19-20(27-28)12-11-18(22(19)30)23(31)26-14-13-24(2,3)32/h11-12,16-17,30,32-33H,6-10,13-15H2,1-5H3,(H,26,31). The summed E-state index contributed by atoms with van der Waals surface area (Å²) in [6, 6.07) is 3.25. The van der Waals surface area contributed by atoms with Crippen molar-refractivity contribution >= 4 is 22.8 Å². The SMILES string of the molecule is CCCC(CCCC(=O)OC(C)(C)O)Cn1cc2c(O)c(C(=O)NCCC(C)(C)O)ccc2n1. The Labute approximate surface area is 201 Å². The minimum Gasteiger partial charge on any atom is -0.506 e. The van der Waals surface area contributed by atoms with Gasteiger partial charge in [0.05, 0.1) is 22.1 Å². The number of aromatic hydroxyl groups is 1. The number of esters is 1. The Morgan fingerprint density at radius 2 is 1.88 bits per heavy atom. The maximum Gasteiger partial charge on any atom is 0.308 e. The van der Waals surface area contributed by atoms with Gasteiger partial charge in [0.25, 0.3) is 5.91 Å². The van der Waals surface area contributed by atoms with E-state index in [2.05, 4.69) is 17.3 Å². The number of benzene rings is 1. The van der Waals surface area contributed by atoms with Gasteiger partial charge in [0.2, 0.25) is 5.79 Å². The van der Waals surface area contributed by atoms with Crippen LogP contribution in [0.4, 0.5) is 0 Å². The van der Waals surface area contributed by atoms with Crippen LogP contribution >= 0.6 is 0 Å². The Morgan fingerprint density at radius 1 is 1.18 bits per heavy atom. The van der Waals surface area contributed by atoms with Crippen LogP contribution in [0.15, 0.2) is 18.3 Å². The highest BCUT2D eigenvalue weighted by Crippen LogP contribution is 2.29. The van der Waals surface area contributed by atoms with Crippen molar-refractivity contribution in [2.75, 3.05) is 6.54 Å². The molecule has 0 bridgehead atoms. The molecule has 1 atom stereocenters. The number of hydrogen-bond donors (Lipinski definition) is 4. The Bertz CT molecular complexity index is 971. The number of carbonyl (C=O) groups excluding carboxylic acids is 2. The fourth-order valence-corrected chi connectivity index (χ4v) is 3.85. The summed E-state index contributed by atoms with van der Waals surface area (Å²) in [5.74, 6) is -2.14. The average molecular weight is 478 g/mol. The monoisotopic (exact) mass is 477 g/mol. The Hall–Kier alpha value is -2.65. The van der Waals surface area contributed by atoms with Crippen LogP contribution in [0.25, 0.3) is 10.9 Å². The van der Waals surface area contributed by atoms with E-state index in [1.54, 1.807) is 36.9 Å². The molecular formula is C25H39N3O6. The fourth-order valence-electron chi connectivity index (χ4n) is 3.85. The molecule has 1 aromatic carbocycles. The van der Waals surface area contributed by atoms with Crippen molar-refractivity contribution in [1.82, 2.24) is 15.1 Å². The number of aliphatic hydroxyl groups is 2. The zero-order valence-electron chi connectivity index (χ0n) is 20.9. The van der Waals surface area contributed by atoms with Crippen LogP contribution in [-0.2, 0) is 16.1 Å². The van der Waals surface area contributed by atoms with Gasteiger partial charge in [0.15, 0.2) is 0 Å². The molecule has 190 valence electrons. The molecule has 0 aliphatic heterocycles. The fraction of sp³-hybridized carbons (Fsp3) is 0.640. The predicted molar refractivity (Wildman–Crippen MR) is 129 cm³/mol. The quantitative estimate of drug-likeness (QED) is 0.256. The summed E-state index contributed by atoms with van der Waals surface area (Å²) in [5.41, 5.74) is -0.127. The number of phenols is 1. The molecule has 0 saturated heterocycles. The lowest BCUT2D eigenvalue weighted by Crippen LogP contribution is -2.30. The molecule has 4 N–H and O–H groups in total. The number of ether oxygens (including phenoxy) is 1. The molecular weight excluding hydrogens is 438 g/mol. The summed E-state index contributed by atoms with van der Waals surface area (Å²) in [6.45, 7) is 9.20. The van der Waals surface area contributed by atoms with Gasteiger partial charge in [-0.2, -0.15) is 5.10 Å². The second kappa shape index (κ2) is 11.7. The maximum atomic E-state index is 12.5. The first-order valence-electron chi connectivity index (χ1n) is 11.9. The van der Waals surface area contributed by atoms with Gasteiger partial charge in [-0.15, -0.1) is 0 Å². The molecule has 0 radical (unpaired) electrons. The smallest absolute Gasteiger partial charge is 0.308 e. The number of nitrogens with zero attached hydrogens (tertiary/aromatic N) is 2. The van der Waals surface area contributed by atoms with Crippen LogP contribution in [0.1, 0.15) is 83.5 Å². The highest BCUT2D eigenvalue weighted by atomic mass is 16.7. The molecule has 9 nitrogen and oxygen atoms in total. The Kier molecular flexibility index (Phi) is 9.46. The van der Waals surface area contributed by atoms with E-state index in [-0.39, 0.29) is 23.7 Å². The summed E-state index contributed by atoms with van der Waals surface area (Å²) in [6.07, 6.45) is 5.75. The van der Waals surface area contributed by atoms with Gasteiger partial charge >= 0.3 is 5.97 Å². The Balaban J connectivity index is 2.03. The van der Waals surface area contributed by atoms with E-state index in [0.717, 1.165) is 19.3 Å². The molecule has 1 aromatic heterocycles. The van der Waals surface area contributed by atoms with E-state index in [9.17, 15) is 24.9 Å².